The first-order chi connectivity index (χ1) is 9.30. The minimum absolute atomic E-state index is 0.137. The monoisotopic (exact) mass is 249 g/mol. The van der Waals surface area contributed by atoms with Crippen molar-refractivity contribution in [1.82, 2.24) is 4.57 Å². The van der Waals surface area contributed by atoms with Gasteiger partial charge in [-0.1, -0.05) is 31.5 Å². The van der Waals surface area contributed by atoms with Crippen LogP contribution in [0.2, 0.25) is 0 Å². The summed E-state index contributed by atoms with van der Waals surface area (Å²) in [5.74, 6) is 0. The van der Waals surface area contributed by atoms with Crippen molar-refractivity contribution in [3.8, 4) is 12.1 Å². The van der Waals surface area contributed by atoms with Crippen LogP contribution in [-0.2, 0) is 6.54 Å². The second-order valence-corrected chi connectivity index (χ2v) is 4.43. The lowest BCUT2D eigenvalue weighted by atomic mass is 10.1. The maximum atomic E-state index is 8.86. The van der Waals surface area contributed by atoms with E-state index in [1.165, 1.54) is 0 Å². The average molecular weight is 249 g/mol. The van der Waals surface area contributed by atoms with Crippen LogP contribution >= 0.6 is 0 Å². The number of fused-ring (bicyclic) bond motifs is 1. The standard InChI is InChI=1S/C16H15N3/c1-2-3-8-19-12-14(9-13(10-17)11-18)15-6-4-5-7-16(15)19/h4-7,9,12H,2-3,8H2,1H3. The number of aryl methyl sites for hydroxylation is 1. The highest BCUT2D eigenvalue weighted by Crippen LogP contribution is 2.23. The van der Waals surface area contributed by atoms with Crippen LogP contribution in [0.3, 0.4) is 0 Å². The van der Waals surface area contributed by atoms with Gasteiger partial charge < -0.3 is 4.57 Å². The van der Waals surface area contributed by atoms with Gasteiger partial charge in [0.25, 0.3) is 0 Å². The smallest absolute Gasteiger partial charge is 0.130 e. The molecule has 0 aliphatic carbocycles. The normalized spacial score (nSPS) is 9.84. The molecule has 3 nitrogen and oxygen atoms in total. The van der Waals surface area contributed by atoms with Crippen molar-refractivity contribution in [2.45, 2.75) is 26.3 Å². The quantitative estimate of drug-likeness (QED) is 0.772. The molecule has 0 unspecified atom stereocenters. The van der Waals surface area contributed by atoms with Crippen molar-refractivity contribution >= 4 is 17.0 Å². The summed E-state index contributed by atoms with van der Waals surface area (Å²) in [6.07, 6.45) is 5.93. The van der Waals surface area contributed by atoms with Crippen LogP contribution in [0.5, 0.6) is 0 Å². The van der Waals surface area contributed by atoms with Crippen LogP contribution in [0.15, 0.2) is 36.0 Å². The third-order valence-electron chi connectivity index (χ3n) is 3.11. The Balaban J connectivity index is 2.54. The first-order valence-corrected chi connectivity index (χ1v) is 6.40. The summed E-state index contributed by atoms with van der Waals surface area (Å²) in [6.45, 7) is 3.12. The second kappa shape index (κ2) is 5.89. The number of unbranched alkanes of at least 4 members (excludes halogenated alkanes) is 1. The van der Waals surface area contributed by atoms with Gasteiger partial charge in [0, 0.05) is 29.2 Å². The van der Waals surface area contributed by atoms with E-state index < -0.39 is 0 Å². The molecule has 19 heavy (non-hydrogen) atoms. The molecule has 0 atom stereocenters. The SMILES string of the molecule is CCCCn1cc(C=C(C#N)C#N)c2ccccc21. The summed E-state index contributed by atoms with van der Waals surface area (Å²) in [6, 6.07) is 11.9. The number of nitriles is 2. The molecule has 0 aliphatic heterocycles. The van der Waals surface area contributed by atoms with E-state index in [1.807, 2.05) is 36.5 Å². The molecule has 0 saturated carbocycles. The number of nitrogens with zero attached hydrogens (tertiary/aromatic N) is 3. The van der Waals surface area contributed by atoms with E-state index in [9.17, 15) is 0 Å². The van der Waals surface area contributed by atoms with Gasteiger partial charge in [0.05, 0.1) is 0 Å². The van der Waals surface area contributed by atoms with Gasteiger partial charge in [-0.15, -0.1) is 0 Å². The van der Waals surface area contributed by atoms with Crippen LogP contribution in [-0.4, -0.2) is 4.57 Å². The molecule has 0 saturated heterocycles. The number of hydrogen-bond donors (Lipinski definition) is 0. The Hall–Kier alpha value is -2.52. The van der Waals surface area contributed by atoms with Gasteiger partial charge in [0.15, 0.2) is 0 Å². The van der Waals surface area contributed by atoms with Crippen molar-refractivity contribution < 1.29 is 0 Å². The fraction of sp³-hybridized carbons (Fsp3) is 0.250. The molecular weight excluding hydrogens is 234 g/mol. The molecule has 0 radical (unpaired) electrons. The fourth-order valence-corrected chi connectivity index (χ4v) is 2.15. The first kappa shape index (κ1) is 12.9. The summed E-state index contributed by atoms with van der Waals surface area (Å²) in [4.78, 5) is 0. The third-order valence-corrected chi connectivity index (χ3v) is 3.11. The summed E-state index contributed by atoms with van der Waals surface area (Å²) in [5, 5.41) is 18.8. The number of aromatic nitrogens is 1. The molecule has 2 rings (SSSR count). The molecule has 2 aromatic rings. The zero-order valence-corrected chi connectivity index (χ0v) is 10.9. The lowest BCUT2D eigenvalue weighted by Crippen LogP contribution is -1.94. The lowest BCUT2D eigenvalue weighted by molar-refractivity contribution is 0.650. The molecule has 0 N–H and O–H groups in total. The summed E-state index contributed by atoms with van der Waals surface area (Å²) in [5.41, 5.74) is 2.22. The highest BCUT2D eigenvalue weighted by Gasteiger charge is 2.06. The largest absolute Gasteiger partial charge is 0.347 e. The Morgan fingerprint density at radius 2 is 2.00 bits per heavy atom. The highest BCUT2D eigenvalue weighted by atomic mass is 15.0. The van der Waals surface area contributed by atoms with Crippen molar-refractivity contribution in [2.24, 2.45) is 0 Å². The summed E-state index contributed by atoms with van der Waals surface area (Å²) >= 11 is 0. The van der Waals surface area contributed by atoms with Gasteiger partial charge >= 0.3 is 0 Å². The third kappa shape index (κ3) is 2.67. The van der Waals surface area contributed by atoms with E-state index in [0.717, 1.165) is 35.9 Å². The molecule has 1 aromatic carbocycles. The second-order valence-electron chi connectivity index (χ2n) is 4.43. The molecule has 1 aromatic heterocycles. The van der Waals surface area contributed by atoms with E-state index >= 15 is 0 Å². The molecule has 0 amide bonds. The van der Waals surface area contributed by atoms with Crippen molar-refractivity contribution in [3.63, 3.8) is 0 Å². The van der Waals surface area contributed by atoms with E-state index in [2.05, 4.69) is 17.6 Å². The maximum absolute atomic E-state index is 8.86. The zero-order valence-electron chi connectivity index (χ0n) is 10.9. The van der Waals surface area contributed by atoms with Crippen molar-refractivity contribution in [3.05, 3.63) is 41.6 Å². The van der Waals surface area contributed by atoms with Gasteiger partial charge in [-0.05, 0) is 18.6 Å². The Bertz CT molecular complexity index is 677. The molecule has 94 valence electrons. The average Bonchev–Trinajstić information content (AvgIpc) is 2.81. The van der Waals surface area contributed by atoms with Gasteiger partial charge in [-0.3, -0.25) is 0 Å². The molecule has 3 heteroatoms. The maximum Gasteiger partial charge on any atom is 0.130 e. The van der Waals surface area contributed by atoms with Gasteiger partial charge in [-0.2, -0.15) is 10.5 Å². The van der Waals surface area contributed by atoms with E-state index in [-0.39, 0.29) is 5.57 Å². The highest BCUT2D eigenvalue weighted by molar-refractivity contribution is 5.90. The predicted molar refractivity (Wildman–Crippen MR) is 76.0 cm³/mol. The van der Waals surface area contributed by atoms with Crippen LogP contribution in [0.1, 0.15) is 25.3 Å². The fourth-order valence-electron chi connectivity index (χ4n) is 2.15. The summed E-state index contributed by atoms with van der Waals surface area (Å²) in [7, 11) is 0. The molecule has 1 heterocycles. The predicted octanol–water partition coefficient (Wildman–Crippen LogP) is 3.87. The Kier molecular flexibility index (Phi) is 4.00. The molecule has 0 bridgehead atoms. The van der Waals surface area contributed by atoms with Gasteiger partial charge in [0.2, 0.25) is 0 Å². The number of hydrogen-bond acceptors (Lipinski definition) is 2. The Labute approximate surface area is 113 Å². The van der Waals surface area contributed by atoms with Gasteiger partial charge in [-0.25, -0.2) is 0 Å². The summed E-state index contributed by atoms with van der Waals surface area (Å²) < 4.78 is 2.19. The lowest BCUT2D eigenvalue weighted by Gasteiger charge is -2.02. The molecule has 0 aliphatic rings. The van der Waals surface area contributed by atoms with Crippen molar-refractivity contribution in [1.29, 1.82) is 10.5 Å². The van der Waals surface area contributed by atoms with Crippen LogP contribution in [0.4, 0.5) is 0 Å². The molecule has 0 fully saturated rings. The first-order valence-electron chi connectivity index (χ1n) is 6.40. The van der Waals surface area contributed by atoms with Crippen LogP contribution < -0.4 is 0 Å². The minimum atomic E-state index is 0.137. The Morgan fingerprint density at radius 1 is 1.26 bits per heavy atom. The van der Waals surface area contributed by atoms with Crippen LogP contribution in [0.25, 0.3) is 17.0 Å². The van der Waals surface area contributed by atoms with Crippen LogP contribution in [0, 0.1) is 22.7 Å². The minimum Gasteiger partial charge on any atom is -0.347 e. The number of benzene rings is 1. The molecular formula is C16H15N3. The number of allylic oxidation sites excluding steroid dienone is 1. The molecule has 0 spiro atoms. The zero-order chi connectivity index (χ0) is 13.7. The topological polar surface area (TPSA) is 52.5 Å². The van der Waals surface area contributed by atoms with E-state index in [4.69, 9.17) is 10.5 Å². The Morgan fingerprint density at radius 3 is 2.68 bits per heavy atom. The van der Waals surface area contributed by atoms with E-state index in [0.29, 0.717) is 0 Å². The number of rotatable bonds is 4. The van der Waals surface area contributed by atoms with E-state index in [1.54, 1.807) is 6.08 Å². The number of para-hydroxylation sites is 1. The van der Waals surface area contributed by atoms with Gasteiger partial charge in [0.1, 0.15) is 17.7 Å². The van der Waals surface area contributed by atoms with Crippen molar-refractivity contribution in [2.75, 3.05) is 0 Å².